The van der Waals surface area contributed by atoms with Crippen LogP contribution < -0.4 is 5.32 Å². The van der Waals surface area contributed by atoms with Gasteiger partial charge in [0, 0.05) is 4.90 Å². The van der Waals surface area contributed by atoms with E-state index in [0.29, 0.717) is 0 Å². The van der Waals surface area contributed by atoms with Gasteiger partial charge in [0.15, 0.2) is 0 Å². The molecule has 0 spiro atoms. The van der Waals surface area contributed by atoms with E-state index in [9.17, 15) is 18.0 Å². The third-order valence-corrected chi connectivity index (χ3v) is 3.19. The van der Waals surface area contributed by atoms with E-state index < -0.39 is 11.4 Å². The van der Waals surface area contributed by atoms with Crippen molar-refractivity contribution in [1.82, 2.24) is 9.97 Å². The first-order chi connectivity index (χ1) is 9.85. The van der Waals surface area contributed by atoms with Gasteiger partial charge in [0.05, 0.1) is 18.1 Å². The van der Waals surface area contributed by atoms with E-state index in [-0.39, 0.29) is 33.2 Å². The van der Waals surface area contributed by atoms with Gasteiger partial charge in [-0.2, -0.15) is 13.2 Å². The first kappa shape index (κ1) is 15.6. The van der Waals surface area contributed by atoms with Gasteiger partial charge in [-0.1, -0.05) is 23.7 Å². The molecule has 4 nitrogen and oxygen atoms in total. The number of para-hydroxylation sites is 1. The molecule has 21 heavy (non-hydrogen) atoms. The number of nitrogens with one attached hydrogen (secondary N) is 1. The molecule has 1 N–H and O–H groups in total. The van der Waals surface area contributed by atoms with Gasteiger partial charge in [-0.3, -0.25) is 9.78 Å². The highest BCUT2D eigenvalue weighted by Gasteiger charge is 2.30. The minimum Gasteiger partial charge on any atom is -0.320 e. The number of nitrogens with zero attached hydrogens (tertiary/aromatic N) is 2. The molecule has 110 valence electrons. The Morgan fingerprint density at radius 3 is 2.62 bits per heavy atom. The second-order valence-electron chi connectivity index (χ2n) is 3.73. The number of hydrogen-bond donors (Lipinski definition) is 1. The quantitative estimate of drug-likeness (QED) is 0.863. The first-order valence-electron chi connectivity index (χ1n) is 5.49. The van der Waals surface area contributed by atoms with Gasteiger partial charge in [-0.25, -0.2) is 4.98 Å². The van der Waals surface area contributed by atoms with Crippen LogP contribution in [0.5, 0.6) is 0 Å². The van der Waals surface area contributed by atoms with Gasteiger partial charge < -0.3 is 5.32 Å². The number of carbonyl (C=O) groups excluding carboxylic acids is 1. The van der Waals surface area contributed by atoms with Gasteiger partial charge in [-0.05, 0) is 23.9 Å². The molecule has 0 saturated carbocycles. The van der Waals surface area contributed by atoms with E-state index in [1.807, 2.05) is 0 Å². The molecule has 0 atom stereocenters. The highest BCUT2D eigenvalue weighted by Crippen LogP contribution is 2.40. The summed E-state index contributed by atoms with van der Waals surface area (Å²) in [4.78, 5) is 19.2. The number of rotatable bonds is 3. The highest BCUT2D eigenvalue weighted by molar-refractivity contribution is 8.00. The number of halogens is 4. The molecule has 1 aromatic carbocycles. The molecule has 1 aromatic heterocycles. The van der Waals surface area contributed by atoms with E-state index >= 15 is 0 Å². The van der Waals surface area contributed by atoms with Crippen molar-refractivity contribution in [3.05, 3.63) is 47.5 Å². The third-order valence-electron chi connectivity index (χ3n) is 2.20. The monoisotopic (exact) mass is 333 g/mol. The first-order valence-corrected chi connectivity index (χ1v) is 6.68. The van der Waals surface area contributed by atoms with Gasteiger partial charge in [-0.15, -0.1) is 0 Å². The predicted octanol–water partition coefficient (Wildman–Crippen LogP) is 3.99. The van der Waals surface area contributed by atoms with Crippen LogP contribution in [-0.2, 0) is 0 Å². The Balaban J connectivity index is 2.22. The van der Waals surface area contributed by atoms with E-state index in [4.69, 9.17) is 11.6 Å². The number of anilines is 1. The van der Waals surface area contributed by atoms with E-state index in [1.54, 1.807) is 0 Å². The highest BCUT2D eigenvalue weighted by atomic mass is 35.5. The Morgan fingerprint density at radius 2 is 1.95 bits per heavy atom. The summed E-state index contributed by atoms with van der Waals surface area (Å²) in [6.07, 6.45) is 2.41. The lowest BCUT2D eigenvalue weighted by Gasteiger charge is -2.11. The van der Waals surface area contributed by atoms with Gasteiger partial charge in [0.25, 0.3) is 5.91 Å². The predicted molar refractivity (Wildman–Crippen MR) is 73.3 cm³/mol. The minimum atomic E-state index is -4.45. The average Bonchev–Trinajstić information content (AvgIpc) is 2.39. The fourth-order valence-electron chi connectivity index (χ4n) is 1.42. The van der Waals surface area contributed by atoms with E-state index in [1.165, 1.54) is 36.7 Å². The largest absolute Gasteiger partial charge is 0.446 e. The lowest BCUT2D eigenvalue weighted by Crippen LogP contribution is -2.15. The Bertz CT molecular complexity index is 666. The van der Waals surface area contributed by atoms with Crippen LogP contribution in [-0.4, -0.2) is 21.4 Å². The fourth-order valence-corrected chi connectivity index (χ4v) is 2.19. The Morgan fingerprint density at radius 1 is 1.24 bits per heavy atom. The Hall–Kier alpha value is -1.80. The SMILES string of the molecule is O=C(Nc1ccccc1SC(F)(F)F)c1cncc(Cl)n1. The number of amides is 1. The van der Waals surface area contributed by atoms with Crippen molar-refractivity contribution in [2.45, 2.75) is 10.4 Å². The van der Waals surface area contributed by atoms with Gasteiger partial charge in [0.1, 0.15) is 10.8 Å². The molecule has 0 radical (unpaired) electrons. The molecular formula is C12H7ClF3N3OS. The Kier molecular flexibility index (Phi) is 4.69. The summed E-state index contributed by atoms with van der Waals surface area (Å²) in [7, 11) is 0. The molecule has 9 heteroatoms. The van der Waals surface area contributed by atoms with Crippen molar-refractivity contribution in [1.29, 1.82) is 0 Å². The zero-order valence-electron chi connectivity index (χ0n) is 10.2. The number of alkyl halides is 3. The molecule has 1 heterocycles. The minimum absolute atomic E-state index is 0.0144. The van der Waals surface area contributed by atoms with Crippen LogP contribution in [0.2, 0.25) is 5.15 Å². The standard InChI is InChI=1S/C12H7ClF3N3OS/c13-10-6-17-5-8(18-10)11(20)19-7-3-1-2-4-9(7)21-12(14,15)16/h1-6H,(H,19,20). The maximum absolute atomic E-state index is 12.4. The number of carbonyl (C=O) groups is 1. The smallest absolute Gasteiger partial charge is 0.320 e. The molecule has 0 saturated heterocycles. The van der Waals surface area contributed by atoms with Crippen LogP contribution in [0.3, 0.4) is 0 Å². The molecule has 0 fully saturated rings. The molecule has 2 rings (SSSR count). The van der Waals surface area contributed by atoms with Crippen LogP contribution in [0.4, 0.5) is 18.9 Å². The third kappa shape index (κ3) is 4.61. The second-order valence-corrected chi connectivity index (χ2v) is 5.22. The van der Waals surface area contributed by atoms with Crippen molar-refractivity contribution < 1.29 is 18.0 Å². The van der Waals surface area contributed by atoms with Crippen molar-refractivity contribution in [2.75, 3.05) is 5.32 Å². The summed E-state index contributed by atoms with van der Waals surface area (Å²) < 4.78 is 37.3. The molecule has 0 aliphatic heterocycles. The lowest BCUT2D eigenvalue weighted by atomic mass is 10.3. The molecule has 1 amide bonds. The van der Waals surface area contributed by atoms with Crippen LogP contribution in [0.25, 0.3) is 0 Å². The van der Waals surface area contributed by atoms with Gasteiger partial charge >= 0.3 is 5.51 Å². The van der Waals surface area contributed by atoms with Crippen molar-refractivity contribution >= 4 is 35.0 Å². The molecule has 0 unspecified atom stereocenters. The molecular weight excluding hydrogens is 327 g/mol. The summed E-state index contributed by atoms with van der Waals surface area (Å²) in [6, 6.07) is 5.59. The summed E-state index contributed by atoms with van der Waals surface area (Å²) in [5, 5.41) is 2.37. The van der Waals surface area contributed by atoms with Crippen molar-refractivity contribution in [3.8, 4) is 0 Å². The summed E-state index contributed by atoms with van der Waals surface area (Å²) in [5.41, 5.74) is -4.50. The zero-order chi connectivity index (χ0) is 15.5. The van der Waals surface area contributed by atoms with Gasteiger partial charge in [0.2, 0.25) is 0 Å². The van der Waals surface area contributed by atoms with Crippen LogP contribution in [0, 0.1) is 0 Å². The van der Waals surface area contributed by atoms with Crippen LogP contribution in [0.15, 0.2) is 41.6 Å². The van der Waals surface area contributed by atoms with E-state index in [2.05, 4.69) is 15.3 Å². The maximum atomic E-state index is 12.4. The summed E-state index contributed by atoms with van der Waals surface area (Å²) in [6.45, 7) is 0. The lowest BCUT2D eigenvalue weighted by molar-refractivity contribution is -0.0328. The molecule has 0 aliphatic rings. The van der Waals surface area contributed by atoms with Crippen molar-refractivity contribution in [3.63, 3.8) is 0 Å². The molecule has 0 bridgehead atoms. The summed E-state index contributed by atoms with van der Waals surface area (Å²) in [5.74, 6) is -0.694. The van der Waals surface area contributed by atoms with Crippen LogP contribution in [0.1, 0.15) is 10.5 Å². The average molecular weight is 334 g/mol. The van der Waals surface area contributed by atoms with Crippen molar-refractivity contribution in [2.24, 2.45) is 0 Å². The topological polar surface area (TPSA) is 54.9 Å². The number of aromatic nitrogens is 2. The second kappa shape index (κ2) is 6.31. The normalized spacial score (nSPS) is 11.2. The fraction of sp³-hybridized carbons (Fsp3) is 0.0833. The number of hydrogen-bond acceptors (Lipinski definition) is 4. The van der Waals surface area contributed by atoms with Crippen LogP contribution >= 0.6 is 23.4 Å². The zero-order valence-corrected chi connectivity index (χ0v) is 11.8. The van der Waals surface area contributed by atoms with E-state index in [0.717, 1.165) is 0 Å². The summed E-state index contributed by atoms with van der Waals surface area (Å²) >= 11 is 5.29. The Labute approximate surface area is 126 Å². The molecule has 0 aliphatic carbocycles. The number of thioether (sulfide) groups is 1. The number of benzene rings is 1. The molecule has 2 aromatic rings. The maximum Gasteiger partial charge on any atom is 0.446 e.